The Labute approximate surface area is 62.1 Å². The van der Waals surface area contributed by atoms with Crippen molar-refractivity contribution in [3.05, 3.63) is 30.6 Å². The second kappa shape index (κ2) is 7.56. The molecule has 1 aromatic heterocycles. The van der Waals surface area contributed by atoms with Crippen LogP contribution in [0.2, 0.25) is 0 Å². The first-order valence-corrected chi connectivity index (χ1v) is 3.57. The molecule has 0 aliphatic rings. The van der Waals surface area contributed by atoms with Gasteiger partial charge < -0.3 is 0 Å². The third kappa shape index (κ3) is 7.56. The maximum absolute atomic E-state index is 10.2. The summed E-state index contributed by atoms with van der Waals surface area (Å²) in [5, 5.41) is 0. The van der Waals surface area contributed by atoms with E-state index in [0.29, 0.717) is 0 Å². The maximum Gasteiger partial charge on any atom is 0.166 e. The fourth-order valence-electron chi connectivity index (χ4n) is 0.342. The third-order valence-corrected chi connectivity index (χ3v) is 0.607. The first kappa shape index (κ1) is 8.56. The molecule has 0 amide bonds. The van der Waals surface area contributed by atoms with Gasteiger partial charge >= 0.3 is 0 Å². The van der Waals surface area contributed by atoms with Crippen LogP contribution >= 0.6 is 15.9 Å². The molecule has 0 unspecified atom stereocenters. The predicted octanol–water partition coefficient (Wildman–Crippen LogP) is 1.81. The summed E-state index contributed by atoms with van der Waals surface area (Å²) in [6, 6.07) is 5.86. The summed E-state index contributed by atoms with van der Waals surface area (Å²) in [5.41, 5.74) is -0.438. The summed E-state index contributed by atoms with van der Waals surface area (Å²) in [4.78, 5) is 2.89. The molecule has 0 aliphatic heterocycles. The van der Waals surface area contributed by atoms with Gasteiger partial charge in [-0.25, -0.2) is 9.37 Å². The molecule has 50 valence electrons. The van der Waals surface area contributed by atoms with Gasteiger partial charge in [0.15, 0.2) is 12.4 Å². The van der Waals surface area contributed by atoms with E-state index in [1.807, 2.05) is 30.6 Å². The average Bonchev–Trinajstić information content (AvgIpc) is 1.93. The highest BCUT2D eigenvalue weighted by molar-refractivity contribution is 9.09. The highest BCUT2D eigenvalue weighted by Crippen LogP contribution is 1.72. The molecule has 0 saturated heterocycles. The molecule has 0 radical (unpaired) electrons. The SMILES string of the molecule is FCBr.c1cc[nH+]cc1. The second-order valence-electron chi connectivity index (χ2n) is 1.18. The smallest absolute Gasteiger partial charge is 0.166 e. The summed E-state index contributed by atoms with van der Waals surface area (Å²) < 4.78 is 10.2. The van der Waals surface area contributed by atoms with E-state index in [-0.39, 0.29) is 0 Å². The van der Waals surface area contributed by atoms with Gasteiger partial charge in [0.25, 0.3) is 0 Å². The lowest BCUT2D eigenvalue weighted by atomic mass is 10.5. The quantitative estimate of drug-likeness (QED) is 0.558. The third-order valence-electron chi connectivity index (χ3n) is 0.607. The van der Waals surface area contributed by atoms with Crippen LogP contribution in [0.15, 0.2) is 30.6 Å². The Kier molecular flexibility index (Phi) is 7.19. The van der Waals surface area contributed by atoms with Crippen LogP contribution in [0.3, 0.4) is 0 Å². The molecule has 1 heterocycles. The molecule has 0 fully saturated rings. The van der Waals surface area contributed by atoms with Gasteiger partial charge in [-0.1, -0.05) is 22.0 Å². The molecule has 0 saturated carbocycles. The molecule has 3 heteroatoms. The van der Waals surface area contributed by atoms with Crippen LogP contribution in [0.25, 0.3) is 0 Å². The van der Waals surface area contributed by atoms with Crippen molar-refractivity contribution in [1.82, 2.24) is 0 Å². The molecule has 1 aromatic rings. The summed E-state index contributed by atoms with van der Waals surface area (Å²) in [6.45, 7) is 0. The number of hydrogen-bond donors (Lipinski definition) is 0. The van der Waals surface area contributed by atoms with Gasteiger partial charge in [0.1, 0.15) is 5.58 Å². The van der Waals surface area contributed by atoms with Gasteiger partial charge in [0, 0.05) is 12.1 Å². The van der Waals surface area contributed by atoms with Crippen molar-refractivity contribution in [3.8, 4) is 0 Å². The van der Waals surface area contributed by atoms with Crippen molar-refractivity contribution in [1.29, 1.82) is 0 Å². The van der Waals surface area contributed by atoms with E-state index >= 15 is 0 Å². The summed E-state index contributed by atoms with van der Waals surface area (Å²) in [6.07, 6.45) is 3.75. The zero-order valence-electron chi connectivity index (χ0n) is 4.85. The molecule has 9 heavy (non-hydrogen) atoms. The van der Waals surface area contributed by atoms with Crippen LogP contribution in [0.4, 0.5) is 4.39 Å². The highest BCUT2D eigenvalue weighted by Gasteiger charge is 1.65. The average molecular weight is 193 g/mol. The van der Waals surface area contributed by atoms with Crippen LogP contribution in [-0.2, 0) is 0 Å². The molecule has 0 bridgehead atoms. The van der Waals surface area contributed by atoms with E-state index in [2.05, 4.69) is 20.9 Å². The number of nitrogens with one attached hydrogen (secondary N) is 1. The first-order valence-electron chi connectivity index (χ1n) is 2.45. The minimum atomic E-state index is -0.438. The maximum atomic E-state index is 10.2. The van der Waals surface area contributed by atoms with E-state index in [0.717, 1.165) is 0 Å². The molecule has 0 spiro atoms. The van der Waals surface area contributed by atoms with Crippen molar-refractivity contribution in [2.24, 2.45) is 0 Å². The van der Waals surface area contributed by atoms with Crippen molar-refractivity contribution < 1.29 is 9.37 Å². The molecule has 0 atom stereocenters. The fourth-order valence-corrected chi connectivity index (χ4v) is 0.342. The Bertz CT molecular complexity index is 95.9. The number of H-pyrrole nitrogens is 1. The van der Waals surface area contributed by atoms with Gasteiger partial charge in [0.05, 0.1) is 0 Å². The van der Waals surface area contributed by atoms with Crippen molar-refractivity contribution >= 4 is 15.9 Å². The molecule has 1 nitrogen and oxygen atoms in total. The van der Waals surface area contributed by atoms with Gasteiger partial charge in [-0.2, -0.15) is 0 Å². The molecular formula is C6H8BrFN+. The largest absolute Gasteiger partial charge is 0.239 e. The summed E-state index contributed by atoms with van der Waals surface area (Å²) >= 11 is 2.48. The second-order valence-corrected chi connectivity index (χ2v) is 1.60. The van der Waals surface area contributed by atoms with Crippen LogP contribution in [0, 0.1) is 0 Å². The van der Waals surface area contributed by atoms with Crippen molar-refractivity contribution in [3.63, 3.8) is 0 Å². The van der Waals surface area contributed by atoms with Crippen LogP contribution in [-0.4, -0.2) is 5.58 Å². The highest BCUT2D eigenvalue weighted by atomic mass is 79.9. The van der Waals surface area contributed by atoms with Gasteiger partial charge in [-0.15, -0.1) is 0 Å². The van der Waals surface area contributed by atoms with Crippen molar-refractivity contribution in [2.45, 2.75) is 0 Å². The molecule has 1 rings (SSSR count). The Morgan fingerprint density at radius 2 is 1.67 bits per heavy atom. The zero-order valence-corrected chi connectivity index (χ0v) is 6.44. The van der Waals surface area contributed by atoms with Crippen LogP contribution in [0.5, 0.6) is 0 Å². The number of aromatic nitrogens is 1. The van der Waals surface area contributed by atoms with E-state index in [1.54, 1.807) is 0 Å². The topological polar surface area (TPSA) is 14.1 Å². The number of hydrogen-bond acceptors (Lipinski definition) is 0. The lowest BCUT2D eigenvalue weighted by molar-refractivity contribution is -0.377. The minimum Gasteiger partial charge on any atom is -0.239 e. The Balaban J connectivity index is 0.000000187. The van der Waals surface area contributed by atoms with Crippen LogP contribution < -0.4 is 4.98 Å². The fraction of sp³-hybridized carbons (Fsp3) is 0.167. The van der Waals surface area contributed by atoms with Crippen molar-refractivity contribution in [2.75, 3.05) is 5.58 Å². The molecule has 0 aromatic carbocycles. The lowest BCUT2D eigenvalue weighted by Crippen LogP contribution is -1.93. The number of halogens is 2. The van der Waals surface area contributed by atoms with E-state index in [4.69, 9.17) is 0 Å². The Morgan fingerprint density at radius 3 is 1.78 bits per heavy atom. The van der Waals surface area contributed by atoms with E-state index in [1.165, 1.54) is 0 Å². The first-order chi connectivity index (χ1) is 4.41. The number of pyridine rings is 1. The molecular weight excluding hydrogens is 185 g/mol. The summed E-state index contributed by atoms with van der Waals surface area (Å²) in [7, 11) is 0. The van der Waals surface area contributed by atoms with E-state index < -0.39 is 5.58 Å². The number of alkyl halides is 2. The molecule has 1 N–H and O–H groups in total. The van der Waals surface area contributed by atoms with Crippen LogP contribution in [0.1, 0.15) is 0 Å². The monoisotopic (exact) mass is 192 g/mol. The summed E-state index contributed by atoms with van der Waals surface area (Å²) in [5.74, 6) is 0. The number of rotatable bonds is 0. The minimum absolute atomic E-state index is 0.438. The molecule has 0 aliphatic carbocycles. The lowest BCUT2D eigenvalue weighted by Gasteiger charge is -1.63. The van der Waals surface area contributed by atoms with Gasteiger partial charge in [-0.05, 0) is 0 Å². The normalized spacial score (nSPS) is 7.33. The number of aromatic amines is 1. The standard InChI is InChI=1S/C5H5N.CH2BrF/c1-2-4-6-5-3-1;2-1-3/h1-5H;1H2/p+1. The van der Waals surface area contributed by atoms with E-state index in [9.17, 15) is 4.39 Å². The Hall–Kier alpha value is -0.440. The van der Waals surface area contributed by atoms with Gasteiger partial charge in [-0.3, -0.25) is 0 Å². The van der Waals surface area contributed by atoms with Gasteiger partial charge in [0.2, 0.25) is 0 Å². The zero-order chi connectivity index (χ0) is 6.95. The predicted molar refractivity (Wildman–Crippen MR) is 37.9 cm³/mol. The Morgan fingerprint density at radius 1 is 1.22 bits per heavy atom.